The van der Waals surface area contributed by atoms with Gasteiger partial charge in [-0.2, -0.15) is 5.10 Å². The molecule has 0 bridgehead atoms. The molecule has 1 aromatic carbocycles. The highest BCUT2D eigenvalue weighted by Crippen LogP contribution is 2.31. The van der Waals surface area contributed by atoms with E-state index in [0.717, 1.165) is 25.0 Å². The van der Waals surface area contributed by atoms with Crippen LogP contribution < -0.4 is 11.1 Å². The molecule has 1 atom stereocenters. The van der Waals surface area contributed by atoms with Gasteiger partial charge in [0.15, 0.2) is 11.3 Å². The molecule has 1 aliphatic heterocycles. The summed E-state index contributed by atoms with van der Waals surface area (Å²) in [7, 11) is 0. The Morgan fingerprint density at radius 2 is 2.14 bits per heavy atom. The maximum absolute atomic E-state index is 10.00. The van der Waals surface area contributed by atoms with Gasteiger partial charge in [0, 0.05) is 12.1 Å². The van der Waals surface area contributed by atoms with Crippen molar-refractivity contribution in [3.63, 3.8) is 0 Å². The standard InChI is InChI=1S/C15H16N6O/c16-15-14-12(21(20-15)9-5-6-17-8-9)7-11(18-19-14)10-3-1-2-4-13(10)22/h1-4,7,9,17,22H,5-6,8H2,(H2,16,20). The number of hydrogen-bond acceptors (Lipinski definition) is 6. The molecule has 0 aliphatic carbocycles. The topological polar surface area (TPSA) is 102 Å². The second kappa shape index (κ2) is 4.96. The zero-order chi connectivity index (χ0) is 15.1. The number of nitrogens with two attached hydrogens (primary N) is 1. The van der Waals surface area contributed by atoms with E-state index in [4.69, 9.17) is 5.73 Å². The van der Waals surface area contributed by atoms with Crippen molar-refractivity contribution in [1.29, 1.82) is 0 Å². The van der Waals surface area contributed by atoms with E-state index in [1.807, 2.05) is 22.9 Å². The molecule has 1 unspecified atom stereocenters. The minimum Gasteiger partial charge on any atom is -0.507 e. The van der Waals surface area contributed by atoms with Crippen molar-refractivity contribution in [3.8, 4) is 17.0 Å². The minimum atomic E-state index is 0.178. The number of benzene rings is 1. The molecule has 1 saturated heterocycles. The fourth-order valence-corrected chi connectivity index (χ4v) is 2.90. The second-order valence-corrected chi connectivity index (χ2v) is 5.46. The summed E-state index contributed by atoms with van der Waals surface area (Å²) in [6, 6.07) is 9.23. The van der Waals surface area contributed by atoms with Crippen molar-refractivity contribution in [3.05, 3.63) is 30.3 Å². The molecule has 0 saturated carbocycles. The third-order valence-electron chi connectivity index (χ3n) is 4.04. The number of rotatable bonds is 2. The van der Waals surface area contributed by atoms with Crippen LogP contribution in [0.15, 0.2) is 30.3 Å². The van der Waals surface area contributed by atoms with Crippen LogP contribution in [0.2, 0.25) is 0 Å². The zero-order valence-corrected chi connectivity index (χ0v) is 11.9. The Bertz CT molecular complexity index is 837. The van der Waals surface area contributed by atoms with Crippen LogP contribution in [0.4, 0.5) is 5.82 Å². The van der Waals surface area contributed by atoms with Crippen LogP contribution in [0.25, 0.3) is 22.3 Å². The number of nitrogens with zero attached hydrogens (tertiary/aromatic N) is 4. The first-order valence-corrected chi connectivity index (χ1v) is 7.24. The van der Waals surface area contributed by atoms with Crippen molar-refractivity contribution < 1.29 is 5.11 Å². The first-order valence-electron chi connectivity index (χ1n) is 7.24. The summed E-state index contributed by atoms with van der Waals surface area (Å²) in [5.41, 5.74) is 8.66. The SMILES string of the molecule is Nc1nn(C2CCNC2)c2cc(-c3ccccc3O)nnc12. The molecule has 4 rings (SSSR count). The van der Waals surface area contributed by atoms with Crippen molar-refractivity contribution >= 4 is 16.9 Å². The number of nitrogens with one attached hydrogen (secondary N) is 1. The van der Waals surface area contributed by atoms with E-state index in [2.05, 4.69) is 20.6 Å². The number of fused-ring (bicyclic) bond motifs is 1. The predicted octanol–water partition coefficient (Wildman–Crippen LogP) is 1.32. The normalized spacial score (nSPS) is 18.1. The Morgan fingerprint density at radius 3 is 2.91 bits per heavy atom. The van der Waals surface area contributed by atoms with Crippen LogP contribution in [0.1, 0.15) is 12.5 Å². The van der Waals surface area contributed by atoms with Crippen LogP contribution in [0.5, 0.6) is 5.75 Å². The van der Waals surface area contributed by atoms with Crippen LogP contribution in [-0.4, -0.2) is 38.2 Å². The number of phenolic OH excluding ortho intramolecular Hbond substituents is 1. The largest absolute Gasteiger partial charge is 0.507 e. The van der Waals surface area contributed by atoms with Crippen molar-refractivity contribution in [2.24, 2.45) is 0 Å². The predicted molar refractivity (Wildman–Crippen MR) is 83.4 cm³/mol. The van der Waals surface area contributed by atoms with E-state index < -0.39 is 0 Å². The quantitative estimate of drug-likeness (QED) is 0.659. The molecule has 7 heteroatoms. The van der Waals surface area contributed by atoms with E-state index in [9.17, 15) is 5.11 Å². The summed E-state index contributed by atoms with van der Waals surface area (Å²) in [5.74, 6) is 0.566. The number of hydrogen-bond donors (Lipinski definition) is 3. The van der Waals surface area contributed by atoms with Gasteiger partial charge in [-0.15, -0.1) is 10.2 Å². The molecule has 4 N–H and O–H groups in total. The average Bonchev–Trinajstić information content (AvgIpc) is 3.16. The molecule has 112 valence electrons. The maximum Gasteiger partial charge on any atom is 0.174 e. The zero-order valence-electron chi connectivity index (χ0n) is 11.9. The number of phenols is 1. The highest BCUT2D eigenvalue weighted by atomic mass is 16.3. The van der Waals surface area contributed by atoms with Gasteiger partial charge in [-0.1, -0.05) is 12.1 Å². The van der Waals surface area contributed by atoms with Crippen LogP contribution in [0.3, 0.4) is 0 Å². The van der Waals surface area contributed by atoms with Crippen LogP contribution in [-0.2, 0) is 0 Å². The van der Waals surface area contributed by atoms with Crippen LogP contribution >= 0.6 is 0 Å². The van der Waals surface area contributed by atoms with Gasteiger partial charge < -0.3 is 16.2 Å². The summed E-state index contributed by atoms with van der Waals surface area (Å²) in [5, 5.41) is 26.1. The van der Waals surface area contributed by atoms with E-state index >= 15 is 0 Å². The Hall–Kier alpha value is -2.67. The number of nitrogen functional groups attached to an aromatic ring is 1. The lowest BCUT2D eigenvalue weighted by molar-refractivity contribution is 0.477. The van der Waals surface area contributed by atoms with Crippen molar-refractivity contribution in [2.45, 2.75) is 12.5 Å². The van der Waals surface area contributed by atoms with Crippen molar-refractivity contribution in [2.75, 3.05) is 18.8 Å². The Balaban J connectivity index is 1.89. The van der Waals surface area contributed by atoms with Crippen LogP contribution in [0, 0.1) is 0 Å². The smallest absolute Gasteiger partial charge is 0.174 e. The van der Waals surface area contributed by atoms with Gasteiger partial charge >= 0.3 is 0 Å². The van der Waals surface area contributed by atoms with E-state index in [1.165, 1.54) is 0 Å². The van der Waals surface area contributed by atoms with Gasteiger partial charge in [-0.05, 0) is 31.2 Å². The lowest BCUT2D eigenvalue weighted by atomic mass is 10.1. The first kappa shape index (κ1) is 13.0. The molecule has 0 spiro atoms. The molecule has 1 fully saturated rings. The number of anilines is 1. The number of para-hydroxylation sites is 1. The van der Waals surface area contributed by atoms with Gasteiger partial charge in [0.25, 0.3) is 0 Å². The molecule has 1 aliphatic rings. The number of aromatic hydroxyl groups is 1. The highest BCUT2D eigenvalue weighted by molar-refractivity contribution is 5.87. The molecule has 0 radical (unpaired) electrons. The molecule has 2 aromatic heterocycles. The molecule has 7 nitrogen and oxygen atoms in total. The lowest BCUT2D eigenvalue weighted by Crippen LogP contribution is -2.14. The summed E-state index contributed by atoms with van der Waals surface area (Å²) in [6.07, 6.45) is 1.00. The maximum atomic E-state index is 10.00. The minimum absolute atomic E-state index is 0.178. The molecule has 22 heavy (non-hydrogen) atoms. The summed E-state index contributed by atoms with van der Waals surface area (Å²) in [4.78, 5) is 0. The molecule has 3 aromatic rings. The monoisotopic (exact) mass is 296 g/mol. The molecular formula is C15H16N6O. The Kier molecular flexibility index (Phi) is 2.93. The van der Waals surface area contributed by atoms with Gasteiger partial charge in [0.2, 0.25) is 0 Å². The first-order chi connectivity index (χ1) is 10.7. The summed E-state index contributed by atoms with van der Waals surface area (Å²) < 4.78 is 1.92. The van der Waals surface area contributed by atoms with E-state index in [0.29, 0.717) is 22.6 Å². The molecule has 3 heterocycles. The fourth-order valence-electron chi connectivity index (χ4n) is 2.90. The van der Waals surface area contributed by atoms with E-state index in [1.54, 1.807) is 12.1 Å². The summed E-state index contributed by atoms with van der Waals surface area (Å²) in [6.45, 7) is 1.83. The molecule has 0 amide bonds. The van der Waals surface area contributed by atoms with Gasteiger partial charge in [-0.3, -0.25) is 4.68 Å². The third kappa shape index (κ3) is 1.98. The average molecular weight is 296 g/mol. The van der Waals surface area contributed by atoms with Crippen molar-refractivity contribution in [1.82, 2.24) is 25.3 Å². The second-order valence-electron chi connectivity index (χ2n) is 5.46. The third-order valence-corrected chi connectivity index (χ3v) is 4.04. The number of aromatic nitrogens is 4. The van der Waals surface area contributed by atoms with Gasteiger partial charge in [0.1, 0.15) is 5.75 Å². The Labute approximate surface area is 126 Å². The fraction of sp³-hybridized carbons (Fsp3) is 0.267. The van der Waals surface area contributed by atoms with Gasteiger partial charge in [0.05, 0.1) is 17.3 Å². The summed E-state index contributed by atoms with van der Waals surface area (Å²) >= 11 is 0. The lowest BCUT2D eigenvalue weighted by Gasteiger charge is -2.10. The molecular weight excluding hydrogens is 280 g/mol. The Morgan fingerprint density at radius 1 is 1.27 bits per heavy atom. The van der Waals surface area contributed by atoms with E-state index in [-0.39, 0.29) is 11.8 Å². The highest BCUT2D eigenvalue weighted by Gasteiger charge is 2.22. The van der Waals surface area contributed by atoms with Gasteiger partial charge in [-0.25, -0.2) is 0 Å².